The van der Waals surface area contributed by atoms with Crippen LogP contribution in [-0.2, 0) is 6.54 Å². The first-order chi connectivity index (χ1) is 13.2. The summed E-state index contributed by atoms with van der Waals surface area (Å²) in [5.74, 6) is -0.162. The van der Waals surface area contributed by atoms with E-state index in [0.29, 0.717) is 12.2 Å². The molecule has 0 saturated carbocycles. The summed E-state index contributed by atoms with van der Waals surface area (Å²) in [6.07, 6.45) is 5.39. The highest BCUT2D eigenvalue weighted by atomic mass is 16.2. The largest absolute Gasteiger partial charge is 0.346 e. The van der Waals surface area contributed by atoms with E-state index >= 15 is 0 Å². The summed E-state index contributed by atoms with van der Waals surface area (Å²) in [4.78, 5) is 12.7. The minimum Gasteiger partial charge on any atom is -0.346 e. The zero-order valence-corrected chi connectivity index (χ0v) is 15.3. The smallest absolute Gasteiger partial charge is 0.271 e. The first kappa shape index (κ1) is 17.4. The lowest BCUT2D eigenvalue weighted by atomic mass is 10.1. The van der Waals surface area contributed by atoms with Crippen molar-refractivity contribution in [3.8, 4) is 5.69 Å². The quantitative estimate of drug-likeness (QED) is 0.717. The third kappa shape index (κ3) is 3.75. The van der Waals surface area contributed by atoms with Crippen molar-refractivity contribution >= 4 is 5.91 Å². The van der Waals surface area contributed by atoms with Crippen LogP contribution >= 0.6 is 0 Å². The van der Waals surface area contributed by atoms with Gasteiger partial charge in [-0.05, 0) is 45.0 Å². The van der Waals surface area contributed by atoms with Gasteiger partial charge < -0.3 is 10.6 Å². The van der Waals surface area contributed by atoms with Crippen molar-refractivity contribution in [2.75, 3.05) is 13.1 Å². The predicted molar refractivity (Wildman–Crippen MR) is 101 cm³/mol. The second-order valence-corrected chi connectivity index (χ2v) is 6.75. The average molecular weight is 365 g/mol. The van der Waals surface area contributed by atoms with E-state index in [2.05, 4.69) is 26.0 Å². The summed E-state index contributed by atoms with van der Waals surface area (Å²) in [6.45, 7) is 4.23. The van der Waals surface area contributed by atoms with Gasteiger partial charge in [-0.15, -0.1) is 5.10 Å². The van der Waals surface area contributed by atoms with Crippen molar-refractivity contribution in [1.29, 1.82) is 0 Å². The molecule has 2 N–H and O–H groups in total. The zero-order valence-electron chi connectivity index (χ0n) is 15.3. The van der Waals surface area contributed by atoms with Crippen molar-refractivity contribution in [2.45, 2.75) is 32.4 Å². The monoisotopic (exact) mass is 365 g/mol. The SMILES string of the molecule is Cc1nn(-c2ccccc2)cc1CNC(=O)c1cnnn1C1CCNCC1. The first-order valence-electron chi connectivity index (χ1n) is 9.22. The van der Waals surface area contributed by atoms with Crippen LogP contribution in [0.2, 0.25) is 0 Å². The van der Waals surface area contributed by atoms with E-state index in [1.165, 1.54) is 6.20 Å². The number of benzene rings is 1. The van der Waals surface area contributed by atoms with Gasteiger partial charge in [0.1, 0.15) is 5.69 Å². The van der Waals surface area contributed by atoms with Crippen LogP contribution in [-0.4, -0.2) is 43.8 Å². The molecular weight excluding hydrogens is 342 g/mol. The predicted octanol–water partition coefficient (Wildman–Crippen LogP) is 1.63. The number of hydrogen-bond acceptors (Lipinski definition) is 5. The number of piperidine rings is 1. The topological polar surface area (TPSA) is 89.7 Å². The first-order valence-corrected chi connectivity index (χ1v) is 9.22. The van der Waals surface area contributed by atoms with E-state index in [4.69, 9.17) is 0 Å². The van der Waals surface area contributed by atoms with E-state index in [0.717, 1.165) is 42.9 Å². The summed E-state index contributed by atoms with van der Waals surface area (Å²) in [6, 6.07) is 10.1. The molecule has 1 aliphatic heterocycles. The van der Waals surface area contributed by atoms with E-state index < -0.39 is 0 Å². The molecule has 1 aromatic carbocycles. The number of aromatic nitrogens is 5. The fraction of sp³-hybridized carbons (Fsp3) is 0.368. The number of carbonyl (C=O) groups excluding carboxylic acids is 1. The van der Waals surface area contributed by atoms with Gasteiger partial charge in [0.05, 0.1) is 23.6 Å². The zero-order chi connectivity index (χ0) is 18.6. The maximum Gasteiger partial charge on any atom is 0.271 e. The second-order valence-electron chi connectivity index (χ2n) is 6.75. The van der Waals surface area contributed by atoms with Gasteiger partial charge in [0.2, 0.25) is 0 Å². The maximum absolute atomic E-state index is 12.7. The van der Waals surface area contributed by atoms with Crippen molar-refractivity contribution in [3.05, 3.63) is 59.7 Å². The standard InChI is InChI=1S/C19H23N7O/c1-14-15(13-25(23-14)16-5-3-2-4-6-16)11-21-19(27)18-12-22-24-26(18)17-7-9-20-10-8-17/h2-6,12-13,17,20H,7-11H2,1H3,(H,21,27). The van der Waals surface area contributed by atoms with Crippen LogP contribution in [0.15, 0.2) is 42.7 Å². The van der Waals surface area contributed by atoms with Crippen molar-refractivity contribution < 1.29 is 4.79 Å². The molecule has 0 unspecified atom stereocenters. The molecule has 140 valence electrons. The van der Waals surface area contributed by atoms with Gasteiger partial charge >= 0.3 is 0 Å². The average Bonchev–Trinajstić information content (AvgIpc) is 3.34. The highest BCUT2D eigenvalue weighted by Crippen LogP contribution is 2.19. The van der Waals surface area contributed by atoms with Gasteiger partial charge in [-0.1, -0.05) is 23.4 Å². The molecule has 1 amide bonds. The van der Waals surface area contributed by atoms with Gasteiger partial charge in [-0.3, -0.25) is 4.79 Å². The van der Waals surface area contributed by atoms with Crippen molar-refractivity contribution in [1.82, 2.24) is 35.4 Å². The number of nitrogens with zero attached hydrogens (tertiary/aromatic N) is 5. The summed E-state index contributed by atoms with van der Waals surface area (Å²) in [5, 5.41) is 18.9. The number of rotatable bonds is 5. The third-order valence-electron chi connectivity index (χ3n) is 4.92. The number of nitrogens with one attached hydrogen (secondary N) is 2. The fourth-order valence-electron chi connectivity index (χ4n) is 3.38. The van der Waals surface area contributed by atoms with Crippen molar-refractivity contribution in [2.24, 2.45) is 0 Å². The highest BCUT2D eigenvalue weighted by Gasteiger charge is 2.22. The van der Waals surface area contributed by atoms with Gasteiger partial charge in [0.25, 0.3) is 5.91 Å². The lowest BCUT2D eigenvalue weighted by Gasteiger charge is -2.23. The Hall–Kier alpha value is -3.00. The molecule has 0 spiro atoms. The number of carbonyl (C=O) groups is 1. The summed E-state index contributed by atoms with van der Waals surface area (Å²) < 4.78 is 3.59. The Labute approximate surface area is 157 Å². The summed E-state index contributed by atoms with van der Waals surface area (Å²) in [5.41, 5.74) is 3.37. The molecule has 8 nitrogen and oxygen atoms in total. The molecule has 0 bridgehead atoms. The molecule has 2 aromatic heterocycles. The molecule has 0 radical (unpaired) electrons. The molecular formula is C19H23N7O. The van der Waals surface area contributed by atoms with Crippen LogP contribution < -0.4 is 10.6 Å². The van der Waals surface area contributed by atoms with Gasteiger partial charge in [-0.25, -0.2) is 9.36 Å². The minimum atomic E-state index is -0.162. The summed E-state index contributed by atoms with van der Waals surface area (Å²) in [7, 11) is 0. The van der Waals surface area contributed by atoms with E-state index in [1.807, 2.05) is 48.1 Å². The molecule has 1 fully saturated rings. The lowest BCUT2D eigenvalue weighted by molar-refractivity contribution is 0.0935. The van der Waals surface area contributed by atoms with Crippen molar-refractivity contribution in [3.63, 3.8) is 0 Å². The number of para-hydroxylation sites is 1. The molecule has 4 rings (SSSR count). The van der Waals surface area contributed by atoms with Crippen LogP contribution in [0.25, 0.3) is 5.69 Å². The van der Waals surface area contributed by atoms with Crippen LogP contribution in [0.5, 0.6) is 0 Å². The van der Waals surface area contributed by atoms with Crippen LogP contribution in [0, 0.1) is 6.92 Å². The Morgan fingerprint density at radius 1 is 1.26 bits per heavy atom. The van der Waals surface area contributed by atoms with Crippen LogP contribution in [0.4, 0.5) is 0 Å². The van der Waals surface area contributed by atoms with E-state index in [-0.39, 0.29) is 11.9 Å². The van der Waals surface area contributed by atoms with E-state index in [1.54, 1.807) is 4.68 Å². The Morgan fingerprint density at radius 3 is 2.81 bits per heavy atom. The number of hydrogen-bond donors (Lipinski definition) is 2. The Morgan fingerprint density at radius 2 is 2.04 bits per heavy atom. The Balaban J connectivity index is 1.44. The van der Waals surface area contributed by atoms with Gasteiger partial charge in [-0.2, -0.15) is 5.10 Å². The molecule has 1 saturated heterocycles. The molecule has 8 heteroatoms. The third-order valence-corrected chi connectivity index (χ3v) is 4.92. The van der Waals surface area contributed by atoms with E-state index in [9.17, 15) is 4.79 Å². The Kier molecular flexibility index (Phi) is 4.97. The van der Waals surface area contributed by atoms with Crippen LogP contribution in [0.3, 0.4) is 0 Å². The minimum absolute atomic E-state index is 0.162. The molecule has 3 heterocycles. The Bertz CT molecular complexity index is 909. The molecule has 0 atom stereocenters. The normalized spacial score (nSPS) is 15.0. The number of amides is 1. The molecule has 0 aliphatic carbocycles. The maximum atomic E-state index is 12.7. The summed E-state index contributed by atoms with van der Waals surface area (Å²) >= 11 is 0. The van der Waals surface area contributed by atoms with Crippen LogP contribution in [0.1, 0.15) is 40.6 Å². The number of aryl methyl sites for hydroxylation is 1. The van der Waals surface area contributed by atoms with Gasteiger partial charge in [0, 0.05) is 18.3 Å². The van der Waals surface area contributed by atoms with Gasteiger partial charge in [0.15, 0.2) is 0 Å². The molecule has 1 aliphatic rings. The lowest BCUT2D eigenvalue weighted by Crippen LogP contribution is -2.33. The highest BCUT2D eigenvalue weighted by molar-refractivity contribution is 5.92. The fourth-order valence-corrected chi connectivity index (χ4v) is 3.38. The second kappa shape index (κ2) is 7.71. The molecule has 3 aromatic rings. The molecule has 27 heavy (non-hydrogen) atoms.